The first-order chi connectivity index (χ1) is 9.10. The zero-order valence-electron chi connectivity index (χ0n) is 11.2. The lowest BCUT2D eigenvalue weighted by Gasteiger charge is -2.17. The number of benzene rings is 1. The molecular formula is C14H20ClN3O. The smallest absolute Gasteiger partial charge is 0.122 e. The number of nitrogens with one attached hydrogen (secondary N) is 1. The number of nitrogens with zero attached hydrogens (tertiary/aromatic N) is 1. The highest BCUT2D eigenvalue weighted by Crippen LogP contribution is 2.23. The highest BCUT2D eigenvalue weighted by Gasteiger charge is 2.22. The van der Waals surface area contributed by atoms with Gasteiger partial charge in [0.15, 0.2) is 0 Å². The predicted octanol–water partition coefficient (Wildman–Crippen LogP) is 2.09. The number of methoxy groups -OCH3 is 1. The molecule has 0 aromatic heterocycles. The van der Waals surface area contributed by atoms with Crippen LogP contribution in [-0.2, 0) is 11.3 Å². The molecule has 1 unspecified atom stereocenters. The first kappa shape index (κ1) is 14.3. The van der Waals surface area contributed by atoms with Crippen LogP contribution in [-0.4, -0.2) is 37.5 Å². The molecule has 0 saturated carbocycles. The number of amidine groups is 1. The summed E-state index contributed by atoms with van der Waals surface area (Å²) in [6.07, 6.45) is 1.18. The van der Waals surface area contributed by atoms with E-state index in [-0.39, 0.29) is 5.84 Å². The Kier molecular flexibility index (Phi) is 4.80. The van der Waals surface area contributed by atoms with E-state index in [1.54, 1.807) is 13.2 Å². The van der Waals surface area contributed by atoms with E-state index in [2.05, 4.69) is 4.90 Å². The van der Waals surface area contributed by atoms with Gasteiger partial charge in [-0.25, -0.2) is 0 Å². The molecule has 1 aliphatic heterocycles. The van der Waals surface area contributed by atoms with Crippen molar-refractivity contribution in [1.29, 1.82) is 5.41 Å². The van der Waals surface area contributed by atoms with Crippen molar-refractivity contribution in [2.75, 3.05) is 26.8 Å². The monoisotopic (exact) mass is 281 g/mol. The van der Waals surface area contributed by atoms with Crippen LogP contribution >= 0.6 is 11.6 Å². The van der Waals surface area contributed by atoms with E-state index >= 15 is 0 Å². The molecule has 19 heavy (non-hydrogen) atoms. The average Bonchev–Trinajstić information content (AvgIpc) is 2.79. The van der Waals surface area contributed by atoms with Crippen LogP contribution in [0.3, 0.4) is 0 Å². The lowest BCUT2D eigenvalue weighted by Crippen LogP contribution is -2.21. The summed E-state index contributed by atoms with van der Waals surface area (Å²) in [6.45, 7) is 3.81. The van der Waals surface area contributed by atoms with Crippen LogP contribution in [0.15, 0.2) is 18.2 Å². The van der Waals surface area contributed by atoms with Gasteiger partial charge >= 0.3 is 0 Å². The third kappa shape index (κ3) is 3.69. The van der Waals surface area contributed by atoms with Crippen molar-refractivity contribution < 1.29 is 4.74 Å². The van der Waals surface area contributed by atoms with Gasteiger partial charge in [0.05, 0.1) is 6.61 Å². The molecule has 1 heterocycles. The van der Waals surface area contributed by atoms with Crippen LogP contribution in [0.25, 0.3) is 0 Å². The lowest BCUT2D eigenvalue weighted by atomic mass is 10.1. The second-order valence-corrected chi connectivity index (χ2v) is 5.47. The normalized spacial score (nSPS) is 19.8. The molecule has 1 saturated heterocycles. The molecule has 1 aromatic rings. The summed E-state index contributed by atoms with van der Waals surface area (Å²) in [7, 11) is 1.75. The van der Waals surface area contributed by atoms with Crippen molar-refractivity contribution in [3.63, 3.8) is 0 Å². The topological polar surface area (TPSA) is 62.3 Å². The van der Waals surface area contributed by atoms with E-state index in [0.717, 1.165) is 31.8 Å². The highest BCUT2D eigenvalue weighted by atomic mass is 35.5. The molecule has 1 atom stereocenters. The minimum absolute atomic E-state index is 0.0507. The van der Waals surface area contributed by atoms with Gasteiger partial charge < -0.3 is 10.5 Å². The van der Waals surface area contributed by atoms with Crippen molar-refractivity contribution in [3.8, 4) is 0 Å². The van der Waals surface area contributed by atoms with Crippen LogP contribution in [0.5, 0.6) is 0 Å². The quantitative estimate of drug-likeness (QED) is 0.642. The summed E-state index contributed by atoms with van der Waals surface area (Å²) < 4.78 is 5.20. The summed E-state index contributed by atoms with van der Waals surface area (Å²) in [5, 5.41) is 8.08. The SMILES string of the molecule is COCC1CCN(Cc2ccc(C(=N)N)cc2Cl)C1. The second-order valence-electron chi connectivity index (χ2n) is 5.07. The Labute approximate surface area is 119 Å². The summed E-state index contributed by atoms with van der Waals surface area (Å²) >= 11 is 6.25. The molecule has 1 aliphatic rings. The fraction of sp³-hybridized carbons (Fsp3) is 0.500. The fourth-order valence-corrected chi connectivity index (χ4v) is 2.75. The third-order valence-corrected chi connectivity index (χ3v) is 3.88. The number of rotatable bonds is 5. The zero-order valence-corrected chi connectivity index (χ0v) is 11.9. The van der Waals surface area contributed by atoms with Crippen LogP contribution in [0.4, 0.5) is 0 Å². The van der Waals surface area contributed by atoms with Crippen molar-refractivity contribution >= 4 is 17.4 Å². The Morgan fingerprint density at radius 2 is 2.37 bits per heavy atom. The second kappa shape index (κ2) is 6.37. The minimum Gasteiger partial charge on any atom is -0.384 e. The summed E-state index contributed by atoms with van der Waals surface area (Å²) in [5.74, 6) is 0.676. The number of halogens is 1. The van der Waals surface area contributed by atoms with E-state index in [4.69, 9.17) is 27.5 Å². The summed E-state index contributed by atoms with van der Waals surface area (Å²) in [4.78, 5) is 2.39. The molecule has 4 nitrogen and oxygen atoms in total. The van der Waals surface area contributed by atoms with Gasteiger partial charge in [0.25, 0.3) is 0 Å². The Morgan fingerprint density at radius 3 is 3.00 bits per heavy atom. The van der Waals surface area contributed by atoms with Gasteiger partial charge in [-0.1, -0.05) is 23.7 Å². The van der Waals surface area contributed by atoms with Crippen LogP contribution in [0.2, 0.25) is 5.02 Å². The molecule has 0 aliphatic carbocycles. The molecule has 0 spiro atoms. The summed E-state index contributed by atoms with van der Waals surface area (Å²) in [5.41, 5.74) is 7.21. The minimum atomic E-state index is 0.0507. The van der Waals surface area contributed by atoms with Crippen LogP contribution in [0.1, 0.15) is 17.5 Å². The van der Waals surface area contributed by atoms with Crippen molar-refractivity contribution in [3.05, 3.63) is 34.3 Å². The van der Waals surface area contributed by atoms with E-state index in [9.17, 15) is 0 Å². The first-order valence-electron chi connectivity index (χ1n) is 6.44. The van der Waals surface area contributed by atoms with E-state index < -0.39 is 0 Å². The van der Waals surface area contributed by atoms with E-state index in [0.29, 0.717) is 16.5 Å². The van der Waals surface area contributed by atoms with Crippen LogP contribution < -0.4 is 5.73 Å². The molecule has 1 aromatic carbocycles. The summed E-state index contributed by atoms with van der Waals surface area (Å²) in [6, 6.07) is 5.58. The molecular weight excluding hydrogens is 262 g/mol. The molecule has 5 heteroatoms. The van der Waals surface area contributed by atoms with Gasteiger partial charge in [-0.2, -0.15) is 0 Å². The predicted molar refractivity (Wildman–Crippen MR) is 77.7 cm³/mol. The highest BCUT2D eigenvalue weighted by molar-refractivity contribution is 6.31. The van der Waals surface area contributed by atoms with E-state index in [1.165, 1.54) is 6.42 Å². The zero-order chi connectivity index (χ0) is 13.8. The lowest BCUT2D eigenvalue weighted by molar-refractivity contribution is 0.152. The molecule has 2 rings (SSSR count). The number of hydrogen-bond donors (Lipinski definition) is 2. The Morgan fingerprint density at radius 1 is 1.58 bits per heavy atom. The molecule has 0 bridgehead atoms. The van der Waals surface area contributed by atoms with Crippen LogP contribution in [0, 0.1) is 11.3 Å². The van der Waals surface area contributed by atoms with Crippen molar-refractivity contribution in [2.45, 2.75) is 13.0 Å². The number of ether oxygens (including phenoxy) is 1. The molecule has 1 fully saturated rings. The Balaban J connectivity index is 1.98. The number of likely N-dealkylation sites (tertiary alicyclic amines) is 1. The van der Waals surface area contributed by atoms with Gasteiger partial charge in [0.1, 0.15) is 5.84 Å². The average molecular weight is 282 g/mol. The van der Waals surface area contributed by atoms with Crippen molar-refractivity contribution in [2.24, 2.45) is 11.7 Å². The first-order valence-corrected chi connectivity index (χ1v) is 6.82. The molecule has 0 amide bonds. The Hall–Kier alpha value is -1.10. The molecule has 3 N–H and O–H groups in total. The van der Waals surface area contributed by atoms with Gasteiger partial charge in [-0.15, -0.1) is 0 Å². The number of nitrogen functional groups attached to an aromatic ring is 1. The van der Waals surface area contributed by atoms with E-state index in [1.807, 2.05) is 12.1 Å². The standard InChI is InChI=1S/C14H20ClN3O/c1-19-9-10-4-5-18(7-10)8-12-3-2-11(14(16)17)6-13(12)15/h2-3,6,10H,4-5,7-9H2,1H3,(H3,16,17). The number of nitrogens with two attached hydrogens (primary N) is 1. The van der Waals surface area contributed by atoms with Gasteiger partial charge in [-0.3, -0.25) is 10.3 Å². The Bertz CT molecular complexity index is 464. The third-order valence-electron chi connectivity index (χ3n) is 3.53. The molecule has 104 valence electrons. The maximum absolute atomic E-state index is 7.39. The van der Waals surface area contributed by atoms with Gasteiger partial charge in [0, 0.05) is 30.8 Å². The largest absolute Gasteiger partial charge is 0.384 e. The van der Waals surface area contributed by atoms with Crippen molar-refractivity contribution in [1.82, 2.24) is 4.90 Å². The van der Waals surface area contributed by atoms with Gasteiger partial charge in [-0.05, 0) is 30.5 Å². The fourth-order valence-electron chi connectivity index (χ4n) is 2.51. The maximum atomic E-state index is 7.39. The number of hydrogen-bond acceptors (Lipinski definition) is 3. The molecule has 0 radical (unpaired) electrons. The van der Waals surface area contributed by atoms with Gasteiger partial charge in [0.2, 0.25) is 0 Å². The maximum Gasteiger partial charge on any atom is 0.122 e.